The van der Waals surface area contributed by atoms with Gasteiger partial charge in [-0.2, -0.15) is 5.10 Å². The van der Waals surface area contributed by atoms with Crippen LogP contribution in [0.3, 0.4) is 0 Å². The molecule has 0 aliphatic rings. The number of carbonyl (C=O) groups is 2. The first kappa shape index (κ1) is 26.7. The number of furan rings is 1. The molecule has 0 aliphatic heterocycles. The van der Waals surface area contributed by atoms with Gasteiger partial charge in [-0.3, -0.25) is 9.59 Å². The smallest absolute Gasteiger partial charge is 0.271 e. The standard InChI is InChI=1S/C32H26ClN3O4/c33-27-18-23(14-15-29(27)37)32(39)36-34-20-24-13-12-22(25-9-4-5-10-26(24)25)19-31(38)35-28(30-11-6-16-40-30)17-21-7-2-1-3-8-21/h1-16,18,20,28,37H,17,19H2,(H,35,38)(H,36,39)/b34-20+. The average Bonchev–Trinajstić information content (AvgIpc) is 3.51. The average molecular weight is 552 g/mol. The number of phenols is 1. The second-order valence-electron chi connectivity index (χ2n) is 9.23. The van der Waals surface area contributed by atoms with Crippen molar-refractivity contribution in [3.63, 3.8) is 0 Å². The van der Waals surface area contributed by atoms with E-state index in [1.54, 1.807) is 12.5 Å². The lowest BCUT2D eigenvalue weighted by molar-refractivity contribution is -0.121. The van der Waals surface area contributed by atoms with E-state index in [2.05, 4.69) is 15.8 Å². The summed E-state index contributed by atoms with van der Waals surface area (Å²) in [5.74, 6) is 0.0148. The Balaban J connectivity index is 1.30. The summed E-state index contributed by atoms with van der Waals surface area (Å²) in [5, 5.41) is 18.7. The molecule has 1 unspecified atom stereocenters. The molecule has 0 bridgehead atoms. The molecular weight excluding hydrogens is 526 g/mol. The van der Waals surface area contributed by atoms with Gasteiger partial charge in [0.25, 0.3) is 5.91 Å². The maximum atomic E-state index is 13.2. The van der Waals surface area contributed by atoms with E-state index in [0.29, 0.717) is 12.2 Å². The van der Waals surface area contributed by atoms with E-state index in [1.165, 1.54) is 18.2 Å². The highest BCUT2D eigenvalue weighted by Gasteiger charge is 2.19. The van der Waals surface area contributed by atoms with Crippen LogP contribution in [0.25, 0.3) is 10.8 Å². The fourth-order valence-electron chi connectivity index (χ4n) is 4.51. The van der Waals surface area contributed by atoms with Gasteiger partial charge in [0, 0.05) is 11.1 Å². The number of rotatable bonds is 9. The molecule has 5 rings (SSSR count). The molecular formula is C32H26ClN3O4. The van der Waals surface area contributed by atoms with Crippen LogP contribution in [-0.2, 0) is 17.6 Å². The van der Waals surface area contributed by atoms with Crippen LogP contribution >= 0.6 is 11.6 Å². The molecule has 0 saturated carbocycles. The number of carbonyl (C=O) groups excluding carboxylic acids is 2. The third kappa shape index (κ3) is 6.39. The van der Waals surface area contributed by atoms with Crippen molar-refractivity contribution in [1.29, 1.82) is 0 Å². The van der Waals surface area contributed by atoms with Crippen LogP contribution in [0.15, 0.2) is 113 Å². The van der Waals surface area contributed by atoms with Crippen molar-refractivity contribution < 1.29 is 19.1 Å². The van der Waals surface area contributed by atoms with Gasteiger partial charge in [0.2, 0.25) is 5.91 Å². The summed E-state index contributed by atoms with van der Waals surface area (Å²) in [6, 6.07) is 29.0. The van der Waals surface area contributed by atoms with E-state index in [-0.39, 0.29) is 34.7 Å². The topological polar surface area (TPSA) is 104 Å². The van der Waals surface area contributed by atoms with Gasteiger partial charge in [-0.15, -0.1) is 0 Å². The number of hydrazone groups is 1. The normalized spacial score (nSPS) is 11.9. The zero-order chi connectivity index (χ0) is 27.9. The van der Waals surface area contributed by atoms with Crippen LogP contribution in [0.5, 0.6) is 5.75 Å². The predicted molar refractivity (Wildman–Crippen MR) is 156 cm³/mol. The molecule has 3 N–H and O–H groups in total. The molecule has 0 saturated heterocycles. The fraction of sp³-hybridized carbons (Fsp3) is 0.0938. The zero-order valence-corrected chi connectivity index (χ0v) is 22.1. The van der Waals surface area contributed by atoms with Gasteiger partial charge in [-0.25, -0.2) is 5.43 Å². The molecule has 4 aromatic carbocycles. The number of nitrogens with zero attached hydrogens (tertiary/aromatic N) is 1. The van der Waals surface area contributed by atoms with E-state index >= 15 is 0 Å². The number of amides is 2. The van der Waals surface area contributed by atoms with Crippen LogP contribution in [0.2, 0.25) is 5.02 Å². The number of phenolic OH excluding ortho intramolecular Hbond substituents is 1. The Labute approximate surface area is 236 Å². The lowest BCUT2D eigenvalue weighted by Crippen LogP contribution is -2.31. The number of aromatic hydroxyl groups is 1. The highest BCUT2D eigenvalue weighted by atomic mass is 35.5. The number of benzene rings is 4. The first-order valence-electron chi connectivity index (χ1n) is 12.7. The molecule has 0 fully saturated rings. The Morgan fingerprint density at radius 3 is 2.45 bits per heavy atom. The van der Waals surface area contributed by atoms with Gasteiger partial charge in [-0.1, -0.05) is 78.3 Å². The van der Waals surface area contributed by atoms with Crippen molar-refractivity contribution in [2.45, 2.75) is 18.9 Å². The molecule has 8 heteroatoms. The maximum absolute atomic E-state index is 13.2. The molecule has 40 heavy (non-hydrogen) atoms. The Kier molecular flexibility index (Phi) is 8.23. The Morgan fingerprint density at radius 1 is 0.925 bits per heavy atom. The Morgan fingerprint density at radius 2 is 1.70 bits per heavy atom. The van der Waals surface area contributed by atoms with Gasteiger partial charge >= 0.3 is 0 Å². The second-order valence-corrected chi connectivity index (χ2v) is 9.63. The molecule has 200 valence electrons. The lowest BCUT2D eigenvalue weighted by Gasteiger charge is -2.17. The van der Waals surface area contributed by atoms with E-state index in [0.717, 1.165) is 27.5 Å². The van der Waals surface area contributed by atoms with E-state index < -0.39 is 5.91 Å². The summed E-state index contributed by atoms with van der Waals surface area (Å²) >= 11 is 5.89. The van der Waals surface area contributed by atoms with E-state index in [4.69, 9.17) is 16.0 Å². The van der Waals surface area contributed by atoms with Gasteiger partial charge in [0.05, 0.1) is 30.0 Å². The monoisotopic (exact) mass is 551 g/mol. The summed E-state index contributed by atoms with van der Waals surface area (Å²) in [4.78, 5) is 25.6. The summed E-state index contributed by atoms with van der Waals surface area (Å²) in [7, 11) is 0. The minimum atomic E-state index is -0.461. The van der Waals surface area contributed by atoms with Gasteiger partial charge in [-0.05, 0) is 58.7 Å². The van der Waals surface area contributed by atoms with Crippen molar-refractivity contribution in [2.75, 3.05) is 0 Å². The largest absolute Gasteiger partial charge is 0.506 e. The summed E-state index contributed by atoms with van der Waals surface area (Å²) in [5.41, 5.74) is 5.49. The van der Waals surface area contributed by atoms with E-state index in [9.17, 15) is 14.7 Å². The van der Waals surface area contributed by atoms with Gasteiger partial charge in [0.1, 0.15) is 11.5 Å². The van der Waals surface area contributed by atoms with Crippen molar-refractivity contribution in [3.8, 4) is 5.75 Å². The second kappa shape index (κ2) is 12.3. The lowest BCUT2D eigenvalue weighted by atomic mass is 9.97. The summed E-state index contributed by atoms with van der Waals surface area (Å²) in [6.07, 6.45) is 3.95. The number of nitrogens with one attached hydrogen (secondary N) is 2. The molecule has 1 heterocycles. The SMILES string of the molecule is O=C(Cc1ccc(/C=N/NC(=O)c2ccc(O)c(Cl)c2)c2ccccc12)NC(Cc1ccccc1)c1ccco1. The van der Waals surface area contributed by atoms with Crippen molar-refractivity contribution >= 4 is 40.4 Å². The van der Waals surface area contributed by atoms with Gasteiger partial charge in [0.15, 0.2) is 0 Å². The first-order chi connectivity index (χ1) is 19.5. The highest BCUT2D eigenvalue weighted by molar-refractivity contribution is 6.32. The highest BCUT2D eigenvalue weighted by Crippen LogP contribution is 2.25. The van der Waals surface area contributed by atoms with Crippen molar-refractivity contribution in [1.82, 2.24) is 10.7 Å². The van der Waals surface area contributed by atoms with E-state index in [1.807, 2.05) is 78.9 Å². The van der Waals surface area contributed by atoms with Crippen LogP contribution in [0, 0.1) is 0 Å². The molecule has 0 spiro atoms. The zero-order valence-electron chi connectivity index (χ0n) is 21.4. The van der Waals surface area contributed by atoms with Crippen molar-refractivity contribution in [3.05, 3.63) is 136 Å². The molecule has 1 aromatic heterocycles. The first-order valence-corrected chi connectivity index (χ1v) is 13.0. The molecule has 1 atom stereocenters. The Hall–Kier alpha value is -4.88. The Bertz CT molecular complexity index is 1670. The predicted octanol–water partition coefficient (Wildman–Crippen LogP) is 6.20. The summed E-state index contributed by atoms with van der Waals surface area (Å²) in [6.45, 7) is 0. The maximum Gasteiger partial charge on any atom is 0.271 e. The molecule has 2 amide bonds. The number of fused-ring (bicyclic) bond motifs is 1. The number of halogens is 1. The molecule has 0 radical (unpaired) electrons. The van der Waals surface area contributed by atoms with Crippen LogP contribution in [0.1, 0.15) is 38.9 Å². The third-order valence-corrected chi connectivity index (χ3v) is 6.79. The third-order valence-electron chi connectivity index (χ3n) is 6.48. The van der Waals surface area contributed by atoms with Gasteiger partial charge < -0.3 is 14.8 Å². The summed E-state index contributed by atoms with van der Waals surface area (Å²) < 4.78 is 5.62. The molecule has 5 aromatic rings. The molecule has 7 nitrogen and oxygen atoms in total. The quantitative estimate of drug-likeness (QED) is 0.150. The number of hydrogen-bond donors (Lipinski definition) is 3. The van der Waals surface area contributed by atoms with Crippen molar-refractivity contribution in [2.24, 2.45) is 5.10 Å². The fourth-order valence-corrected chi connectivity index (χ4v) is 4.69. The number of hydrogen-bond acceptors (Lipinski definition) is 5. The van der Waals surface area contributed by atoms with Crippen LogP contribution < -0.4 is 10.7 Å². The minimum Gasteiger partial charge on any atom is -0.506 e. The van der Waals surface area contributed by atoms with Crippen LogP contribution in [-0.4, -0.2) is 23.1 Å². The minimum absolute atomic E-state index is 0.0813. The van der Waals surface area contributed by atoms with Crippen LogP contribution in [0.4, 0.5) is 0 Å². The molecule has 0 aliphatic carbocycles.